The number of aromatic nitrogens is 2. The largest absolute Gasteiger partial charge is 0.346 e. The Hall–Kier alpha value is -1.16. The van der Waals surface area contributed by atoms with Crippen LogP contribution in [0.15, 0.2) is 18.6 Å². The highest BCUT2D eigenvalue weighted by atomic mass is 35.5. The molecule has 1 amide bonds. The first-order valence-electron chi connectivity index (χ1n) is 2.97. The molecule has 0 spiro atoms. The topological polar surface area (TPSA) is 64.8 Å². The Labute approximate surface area is 68.6 Å². The lowest BCUT2D eigenvalue weighted by atomic mass is 10.7. The molecule has 0 saturated carbocycles. The number of carbonyl (C=O) groups excluding carboxylic acids is 1. The summed E-state index contributed by atoms with van der Waals surface area (Å²) in [5.41, 5.74) is 0. The fourth-order valence-corrected chi connectivity index (χ4v) is 0.411. The number of amides is 1. The molecule has 0 aromatic carbocycles. The summed E-state index contributed by atoms with van der Waals surface area (Å²) in [5.74, 6) is 0.167. The Bertz CT molecular complexity index is 233. The molecular weight excluding hydrogens is 166 g/mol. The molecule has 58 valence electrons. The van der Waals surface area contributed by atoms with Crippen molar-refractivity contribution in [2.45, 2.75) is 0 Å². The van der Waals surface area contributed by atoms with Crippen molar-refractivity contribution >= 4 is 17.5 Å². The molecule has 1 N–H and O–H groups in total. The van der Waals surface area contributed by atoms with Crippen molar-refractivity contribution in [3.63, 3.8) is 0 Å². The van der Waals surface area contributed by atoms with E-state index >= 15 is 0 Å². The van der Waals surface area contributed by atoms with Crippen molar-refractivity contribution in [3.8, 4) is 0 Å². The summed E-state index contributed by atoms with van der Waals surface area (Å²) in [7, 11) is 0. The van der Waals surface area contributed by atoms with E-state index in [2.05, 4.69) is 15.3 Å². The van der Waals surface area contributed by atoms with Crippen LogP contribution < -0.4 is 5.32 Å². The van der Waals surface area contributed by atoms with Gasteiger partial charge in [0, 0.05) is 6.20 Å². The molecule has 1 fully saturated rings. The zero-order valence-electron chi connectivity index (χ0n) is 5.62. The van der Waals surface area contributed by atoms with E-state index in [1.807, 2.05) is 0 Å². The van der Waals surface area contributed by atoms with E-state index in [9.17, 15) is 4.79 Å². The first kappa shape index (κ1) is 7.94. The smallest absolute Gasteiger partial charge is 0.239 e. The van der Waals surface area contributed by atoms with Crippen LogP contribution in [0.25, 0.3) is 0 Å². The second-order valence-electron chi connectivity index (χ2n) is 1.81. The zero-order chi connectivity index (χ0) is 8.10. The molecule has 11 heavy (non-hydrogen) atoms. The number of halogens is 1. The zero-order valence-corrected chi connectivity index (χ0v) is 6.38. The summed E-state index contributed by atoms with van der Waals surface area (Å²) in [6.45, 7) is 0.597. The first-order valence-corrected chi connectivity index (χ1v) is 3.35. The summed E-state index contributed by atoms with van der Waals surface area (Å²) in [4.78, 5) is 16.7. The van der Waals surface area contributed by atoms with Gasteiger partial charge in [-0.05, 0) is 6.07 Å². The number of hydrogen-bond acceptors (Lipinski definition) is 3. The molecule has 1 aromatic rings. The molecule has 2 rings (SSSR count). The van der Waals surface area contributed by atoms with Crippen LogP contribution in [0.3, 0.4) is 0 Å². The van der Waals surface area contributed by atoms with Crippen molar-refractivity contribution in [1.82, 2.24) is 15.3 Å². The van der Waals surface area contributed by atoms with Crippen LogP contribution in [0, 0.1) is 0 Å². The Balaban J connectivity index is 0.000000128. The number of rotatable bonds is 0. The van der Waals surface area contributed by atoms with Gasteiger partial charge in [-0.3, -0.25) is 4.79 Å². The second kappa shape index (κ2) is 3.88. The highest BCUT2D eigenvalue weighted by Crippen LogP contribution is 1.96. The van der Waals surface area contributed by atoms with E-state index in [1.54, 1.807) is 12.3 Å². The van der Waals surface area contributed by atoms with Crippen molar-refractivity contribution in [2.75, 3.05) is 6.54 Å². The summed E-state index contributed by atoms with van der Waals surface area (Å²) in [5, 5.41) is 2.94. The van der Waals surface area contributed by atoms with E-state index < -0.39 is 0 Å². The summed E-state index contributed by atoms with van der Waals surface area (Å²) >= 11 is 5.39. The van der Waals surface area contributed by atoms with Gasteiger partial charge in [0.25, 0.3) is 0 Å². The van der Waals surface area contributed by atoms with Crippen LogP contribution in [0.5, 0.6) is 0 Å². The summed E-state index contributed by atoms with van der Waals surface area (Å²) in [6, 6.07) is 1.63. The summed E-state index contributed by atoms with van der Waals surface area (Å²) in [6.07, 6.45) is 3.00. The predicted octanol–water partition coefficient (Wildman–Crippen LogP) is 0.246. The van der Waals surface area contributed by atoms with Gasteiger partial charge in [0.2, 0.25) is 5.91 Å². The molecule has 0 radical (unpaired) electrons. The quantitative estimate of drug-likeness (QED) is 0.450. The second-order valence-corrected chi connectivity index (χ2v) is 2.20. The minimum absolute atomic E-state index is 0.167. The van der Waals surface area contributed by atoms with Gasteiger partial charge in [0.15, 0.2) is 0 Å². The maximum absolute atomic E-state index is 9.44. The Morgan fingerprint density at radius 1 is 1.64 bits per heavy atom. The lowest BCUT2D eigenvalue weighted by Gasteiger charge is -1.79. The van der Waals surface area contributed by atoms with Crippen molar-refractivity contribution in [1.29, 1.82) is 0 Å². The number of nitrogens with zero attached hydrogens (tertiary/aromatic N) is 2. The molecule has 1 aliphatic heterocycles. The Kier molecular flexibility index (Phi) is 2.80. The van der Waals surface area contributed by atoms with Gasteiger partial charge in [0.05, 0.1) is 6.54 Å². The third kappa shape index (κ3) is 4.27. The molecule has 1 saturated heterocycles. The minimum Gasteiger partial charge on any atom is -0.346 e. The lowest BCUT2D eigenvalue weighted by Crippen LogP contribution is -1.72. The maximum atomic E-state index is 9.44. The standard InChI is InChI=1S/C4H3ClN2.C2H3NO/c5-4-1-2-6-3-7-4;4-2-1-3-2/h1-3H;1H2,(H,3,4). The van der Waals surface area contributed by atoms with Crippen LogP contribution in [-0.2, 0) is 4.79 Å². The van der Waals surface area contributed by atoms with Crippen molar-refractivity contribution < 1.29 is 4.79 Å². The normalized spacial score (nSPS) is 12.6. The first-order chi connectivity index (χ1) is 5.29. The van der Waals surface area contributed by atoms with Crippen LogP contribution in [-0.4, -0.2) is 22.4 Å². The van der Waals surface area contributed by atoms with Gasteiger partial charge in [-0.15, -0.1) is 0 Å². The lowest BCUT2D eigenvalue weighted by molar-refractivity contribution is -0.110. The number of nitrogens with one attached hydrogen (secondary N) is 1. The SMILES string of the molecule is Clc1ccncn1.O=C1CN1. The minimum atomic E-state index is 0.167. The van der Waals surface area contributed by atoms with Crippen LogP contribution >= 0.6 is 11.6 Å². The number of carbonyl (C=O) groups is 1. The molecule has 1 aromatic heterocycles. The molecule has 2 heterocycles. The van der Waals surface area contributed by atoms with Gasteiger partial charge in [0.1, 0.15) is 11.5 Å². The molecule has 4 nitrogen and oxygen atoms in total. The third-order valence-corrected chi connectivity index (χ3v) is 1.09. The van der Waals surface area contributed by atoms with E-state index in [-0.39, 0.29) is 5.91 Å². The highest BCUT2D eigenvalue weighted by molar-refractivity contribution is 6.29. The van der Waals surface area contributed by atoms with Crippen molar-refractivity contribution in [2.24, 2.45) is 0 Å². The van der Waals surface area contributed by atoms with E-state index in [4.69, 9.17) is 11.6 Å². The van der Waals surface area contributed by atoms with Gasteiger partial charge in [-0.2, -0.15) is 0 Å². The molecule has 5 heteroatoms. The monoisotopic (exact) mass is 171 g/mol. The fourth-order valence-electron chi connectivity index (χ4n) is 0.311. The van der Waals surface area contributed by atoms with E-state index in [1.165, 1.54) is 6.33 Å². The van der Waals surface area contributed by atoms with Crippen molar-refractivity contribution in [3.05, 3.63) is 23.7 Å². The van der Waals surface area contributed by atoms with Crippen LogP contribution in [0.1, 0.15) is 0 Å². The predicted molar refractivity (Wildman–Crippen MR) is 40.1 cm³/mol. The van der Waals surface area contributed by atoms with Gasteiger partial charge < -0.3 is 5.32 Å². The van der Waals surface area contributed by atoms with Gasteiger partial charge in [-0.1, -0.05) is 11.6 Å². The molecule has 0 aliphatic carbocycles. The Morgan fingerprint density at radius 2 is 2.27 bits per heavy atom. The summed E-state index contributed by atoms with van der Waals surface area (Å²) < 4.78 is 0. The van der Waals surface area contributed by atoms with Crippen LogP contribution in [0.4, 0.5) is 0 Å². The van der Waals surface area contributed by atoms with Gasteiger partial charge in [-0.25, -0.2) is 9.97 Å². The average molecular weight is 172 g/mol. The highest BCUT2D eigenvalue weighted by Gasteiger charge is 2.10. The molecule has 0 atom stereocenters. The van der Waals surface area contributed by atoms with Crippen LogP contribution in [0.2, 0.25) is 5.15 Å². The fraction of sp³-hybridized carbons (Fsp3) is 0.167. The number of hydrogen-bond donors (Lipinski definition) is 1. The Morgan fingerprint density at radius 3 is 2.45 bits per heavy atom. The van der Waals surface area contributed by atoms with E-state index in [0.29, 0.717) is 11.7 Å². The third-order valence-electron chi connectivity index (χ3n) is 0.867. The molecule has 1 aliphatic rings. The van der Waals surface area contributed by atoms with E-state index in [0.717, 1.165) is 0 Å². The molecular formula is C6H6ClN3O. The van der Waals surface area contributed by atoms with Gasteiger partial charge >= 0.3 is 0 Å². The maximum Gasteiger partial charge on any atom is 0.239 e. The molecule has 0 unspecified atom stereocenters. The molecule has 0 bridgehead atoms. The average Bonchev–Trinajstić information content (AvgIpc) is 2.75.